The third kappa shape index (κ3) is 1.77. The largest absolute Gasteiger partial charge is 0.330 e. The average Bonchev–Trinajstić information content (AvgIpc) is 2.99. The van der Waals surface area contributed by atoms with Gasteiger partial charge in [-0.25, -0.2) is 4.98 Å². The summed E-state index contributed by atoms with van der Waals surface area (Å²) >= 11 is 1.85. The molecule has 0 aliphatic heterocycles. The van der Waals surface area contributed by atoms with Crippen LogP contribution in [0.1, 0.15) is 29.3 Å². The Bertz CT molecular complexity index is 485. The second-order valence-corrected chi connectivity index (χ2v) is 5.23. The predicted molar refractivity (Wildman–Crippen MR) is 64.4 cm³/mol. The summed E-state index contributed by atoms with van der Waals surface area (Å²) in [5, 5.41) is 1.33. The Morgan fingerprint density at radius 3 is 3.00 bits per heavy atom. The van der Waals surface area contributed by atoms with Gasteiger partial charge in [-0.05, 0) is 43.5 Å². The fourth-order valence-corrected chi connectivity index (χ4v) is 2.93. The van der Waals surface area contributed by atoms with Gasteiger partial charge >= 0.3 is 0 Å². The molecule has 0 saturated heterocycles. The Balaban J connectivity index is 2.02. The number of nitrogens with zero attached hydrogens (tertiary/aromatic N) is 1. The van der Waals surface area contributed by atoms with Crippen molar-refractivity contribution in [3.8, 4) is 0 Å². The van der Waals surface area contributed by atoms with E-state index in [2.05, 4.69) is 18.2 Å². The first-order valence-corrected chi connectivity index (χ1v) is 6.28. The summed E-state index contributed by atoms with van der Waals surface area (Å²) in [6.45, 7) is 0.713. The van der Waals surface area contributed by atoms with Crippen molar-refractivity contribution >= 4 is 21.6 Å². The lowest BCUT2D eigenvalue weighted by molar-refractivity contribution is 0.970. The highest BCUT2D eigenvalue weighted by molar-refractivity contribution is 7.18. The van der Waals surface area contributed by atoms with Gasteiger partial charge in [0.15, 0.2) is 0 Å². The highest BCUT2D eigenvalue weighted by Crippen LogP contribution is 2.43. The molecule has 1 fully saturated rings. The van der Waals surface area contributed by atoms with Gasteiger partial charge in [0.25, 0.3) is 0 Å². The number of benzene rings is 1. The van der Waals surface area contributed by atoms with Gasteiger partial charge < -0.3 is 5.73 Å². The van der Waals surface area contributed by atoms with Crippen molar-refractivity contribution in [3.05, 3.63) is 28.8 Å². The molecule has 3 rings (SSSR count). The first-order valence-electron chi connectivity index (χ1n) is 5.46. The molecule has 2 nitrogen and oxygen atoms in total. The second kappa shape index (κ2) is 3.58. The molecule has 15 heavy (non-hydrogen) atoms. The fourth-order valence-electron chi connectivity index (χ4n) is 1.82. The summed E-state index contributed by atoms with van der Waals surface area (Å²) in [4.78, 5) is 4.70. The molecule has 1 aromatic heterocycles. The molecule has 0 unspecified atom stereocenters. The number of fused-ring (bicyclic) bond motifs is 1. The minimum atomic E-state index is 0.713. The summed E-state index contributed by atoms with van der Waals surface area (Å²) in [5.74, 6) is 0.764. The van der Waals surface area contributed by atoms with E-state index in [1.54, 1.807) is 0 Å². The Morgan fingerprint density at radius 1 is 1.40 bits per heavy atom. The van der Waals surface area contributed by atoms with E-state index in [0.717, 1.165) is 17.9 Å². The van der Waals surface area contributed by atoms with Gasteiger partial charge in [-0.1, -0.05) is 6.07 Å². The standard InChI is InChI=1S/C12H14N2S/c13-6-5-8-1-4-11-10(7-8)14-12(15-11)9-2-3-9/h1,4,7,9H,2-3,5-6,13H2. The highest BCUT2D eigenvalue weighted by Gasteiger charge is 2.26. The van der Waals surface area contributed by atoms with E-state index in [1.165, 1.54) is 28.1 Å². The van der Waals surface area contributed by atoms with Crippen LogP contribution in [0.15, 0.2) is 18.2 Å². The highest BCUT2D eigenvalue weighted by atomic mass is 32.1. The molecule has 2 aromatic rings. The summed E-state index contributed by atoms with van der Waals surface area (Å²) < 4.78 is 1.32. The molecular formula is C12H14N2S. The smallest absolute Gasteiger partial charge is 0.0969 e. The molecule has 0 amide bonds. The van der Waals surface area contributed by atoms with Crippen LogP contribution in [0.4, 0.5) is 0 Å². The zero-order chi connectivity index (χ0) is 10.3. The molecule has 0 radical (unpaired) electrons. The van der Waals surface area contributed by atoms with Crippen LogP contribution in [0, 0.1) is 0 Å². The van der Waals surface area contributed by atoms with Crippen LogP contribution in [-0.4, -0.2) is 11.5 Å². The van der Waals surface area contributed by atoms with Crippen LogP contribution < -0.4 is 5.73 Å². The fraction of sp³-hybridized carbons (Fsp3) is 0.417. The molecule has 1 aliphatic rings. The number of rotatable bonds is 3. The van der Waals surface area contributed by atoms with Gasteiger partial charge in [-0.15, -0.1) is 11.3 Å². The zero-order valence-corrected chi connectivity index (χ0v) is 9.39. The normalized spacial score (nSPS) is 16.1. The van der Waals surface area contributed by atoms with E-state index in [1.807, 2.05) is 11.3 Å². The van der Waals surface area contributed by atoms with Gasteiger partial charge in [0, 0.05) is 5.92 Å². The van der Waals surface area contributed by atoms with Gasteiger partial charge in [-0.3, -0.25) is 0 Å². The minimum absolute atomic E-state index is 0.713. The van der Waals surface area contributed by atoms with Crippen LogP contribution in [0.25, 0.3) is 10.2 Å². The average molecular weight is 218 g/mol. The molecule has 78 valence electrons. The Kier molecular flexibility index (Phi) is 2.22. The van der Waals surface area contributed by atoms with Gasteiger partial charge in [0.1, 0.15) is 0 Å². The molecule has 3 heteroatoms. The SMILES string of the molecule is NCCc1ccc2sc(C3CC3)nc2c1. The van der Waals surface area contributed by atoms with E-state index in [-0.39, 0.29) is 0 Å². The monoisotopic (exact) mass is 218 g/mol. The van der Waals surface area contributed by atoms with Gasteiger partial charge in [0.2, 0.25) is 0 Å². The number of nitrogens with two attached hydrogens (primary N) is 1. The molecule has 1 aromatic carbocycles. The lowest BCUT2D eigenvalue weighted by atomic mass is 10.1. The molecule has 1 heterocycles. The van der Waals surface area contributed by atoms with E-state index in [0.29, 0.717) is 6.54 Å². The Hall–Kier alpha value is -0.930. The lowest BCUT2D eigenvalue weighted by Crippen LogP contribution is -2.02. The second-order valence-electron chi connectivity index (χ2n) is 4.17. The van der Waals surface area contributed by atoms with Crippen LogP contribution in [0.5, 0.6) is 0 Å². The number of hydrogen-bond donors (Lipinski definition) is 1. The summed E-state index contributed by atoms with van der Waals surface area (Å²) in [5.41, 5.74) is 8.01. The van der Waals surface area contributed by atoms with E-state index in [4.69, 9.17) is 10.7 Å². The molecule has 0 bridgehead atoms. The Labute approximate surface area is 93.1 Å². The maximum absolute atomic E-state index is 5.55. The maximum Gasteiger partial charge on any atom is 0.0969 e. The molecular weight excluding hydrogens is 204 g/mol. The van der Waals surface area contributed by atoms with Crippen molar-refractivity contribution in [1.82, 2.24) is 4.98 Å². The van der Waals surface area contributed by atoms with E-state index >= 15 is 0 Å². The summed E-state index contributed by atoms with van der Waals surface area (Å²) in [7, 11) is 0. The molecule has 0 spiro atoms. The van der Waals surface area contributed by atoms with Crippen LogP contribution in [0.3, 0.4) is 0 Å². The van der Waals surface area contributed by atoms with Crippen molar-refractivity contribution in [2.24, 2.45) is 5.73 Å². The minimum Gasteiger partial charge on any atom is -0.330 e. The number of thiazole rings is 1. The van der Waals surface area contributed by atoms with Crippen molar-refractivity contribution in [2.45, 2.75) is 25.2 Å². The van der Waals surface area contributed by atoms with E-state index in [9.17, 15) is 0 Å². The predicted octanol–water partition coefficient (Wildman–Crippen LogP) is 2.67. The van der Waals surface area contributed by atoms with Gasteiger partial charge in [0.05, 0.1) is 15.2 Å². The Morgan fingerprint density at radius 2 is 2.27 bits per heavy atom. The van der Waals surface area contributed by atoms with Crippen LogP contribution >= 0.6 is 11.3 Å². The van der Waals surface area contributed by atoms with E-state index < -0.39 is 0 Å². The molecule has 1 aliphatic carbocycles. The first-order chi connectivity index (χ1) is 7.36. The quantitative estimate of drug-likeness (QED) is 0.860. The van der Waals surface area contributed by atoms with Crippen molar-refractivity contribution < 1.29 is 0 Å². The van der Waals surface area contributed by atoms with Crippen molar-refractivity contribution in [3.63, 3.8) is 0 Å². The third-order valence-corrected chi connectivity index (χ3v) is 4.03. The van der Waals surface area contributed by atoms with Crippen LogP contribution in [0.2, 0.25) is 0 Å². The number of aromatic nitrogens is 1. The van der Waals surface area contributed by atoms with Crippen molar-refractivity contribution in [2.75, 3.05) is 6.54 Å². The summed E-state index contributed by atoms with van der Waals surface area (Å²) in [6.07, 6.45) is 3.61. The topological polar surface area (TPSA) is 38.9 Å². The third-order valence-electron chi connectivity index (χ3n) is 2.83. The zero-order valence-electron chi connectivity index (χ0n) is 8.57. The molecule has 0 atom stereocenters. The summed E-state index contributed by atoms with van der Waals surface area (Å²) in [6, 6.07) is 6.54. The van der Waals surface area contributed by atoms with Crippen molar-refractivity contribution in [1.29, 1.82) is 0 Å². The van der Waals surface area contributed by atoms with Gasteiger partial charge in [-0.2, -0.15) is 0 Å². The lowest BCUT2D eigenvalue weighted by Gasteiger charge is -1.96. The van der Waals surface area contributed by atoms with Crippen LogP contribution in [-0.2, 0) is 6.42 Å². The molecule has 2 N–H and O–H groups in total. The molecule has 1 saturated carbocycles. The number of hydrogen-bond acceptors (Lipinski definition) is 3. The maximum atomic E-state index is 5.55. The first kappa shape index (κ1) is 9.31.